The van der Waals surface area contributed by atoms with Gasteiger partial charge >= 0.3 is 0 Å². The summed E-state index contributed by atoms with van der Waals surface area (Å²) in [6.45, 7) is 9.34. The molecule has 0 unspecified atom stereocenters. The zero-order valence-electron chi connectivity index (χ0n) is 11.8. The van der Waals surface area contributed by atoms with Crippen LogP contribution in [0.1, 0.15) is 66.2 Å². The quantitative estimate of drug-likeness (QED) is 0.638. The second kappa shape index (κ2) is 4.51. The molecule has 0 aromatic heterocycles. The molecule has 1 heteroatoms. The Labute approximate surface area is 106 Å². The molecule has 0 amide bonds. The lowest BCUT2D eigenvalue weighted by molar-refractivity contribution is 0.200. The highest BCUT2D eigenvalue weighted by Crippen LogP contribution is 2.38. The van der Waals surface area contributed by atoms with Gasteiger partial charge in [0.05, 0.1) is 11.5 Å². The Hall–Kier alpha value is -0.720. The number of hydrogen-bond donors (Lipinski definition) is 0. The van der Waals surface area contributed by atoms with E-state index >= 15 is 0 Å². The molecule has 0 heterocycles. The van der Waals surface area contributed by atoms with Crippen molar-refractivity contribution in [3.63, 3.8) is 0 Å². The summed E-state index contributed by atoms with van der Waals surface area (Å²) < 4.78 is 6.04. The monoisotopic (exact) mass is 234 g/mol. The average Bonchev–Trinajstić information content (AvgIpc) is 2.24. The van der Waals surface area contributed by atoms with Gasteiger partial charge in [-0.3, -0.25) is 0 Å². The van der Waals surface area contributed by atoms with Crippen LogP contribution in [0.3, 0.4) is 0 Å². The molecule has 2 rings (SSSR count). The third-order valence-corrected chi connectivity index (χ3v) is 4.12. The Balaban J connectivity index is 1.91. The van der Waals surface area contributed by atoms with E-state index in [1.54, 1.807) is 0 Å². The third kappa shape index (κ3) is 3.62. The van der Waals surface area contributed by atoms with E-state index in [-0.39, 0.29) is 0 Å². The summed E-state index contributed by atoms with van der Waals surface area (Å²) in [5, 5.41) is 0. The minimum absolute atomic E-state index is 0.468. The molecule has 17 heavy (non-hydrogen) atoms. The van der Waals surface area contributed by atoms with Crippen LogP contribution in [0.4, 0.5) is 0 Å². The van der Waals surface area contributed by atoms with Gasteiger partial charge in [0.25, 0.3) is 0 Å². The van der Waals surface area contributed by atoms with Crippen LogP contribution in [0.2, 0.25) is 0 Å². The van der Waals surface area contributed by atoms with E-state index in [2.05, 4.69) is 39.8 Å². The lowest BCUT2D eigenvalue weighted by atomic mass is 9.80. The Bertz CT molecular complexity index is 311. The molecule has 0 aromatic carbocycles. The van der Waals surface area contributed by atoms with E-state index in [0.29, 0.717) is 10.8 Å². The molecule has 0 bridgehead atoms. The van der Waals surface area contributed by atoms with Crippen molar-refractivity contribution < 1.29 is 4.74 Å². The van der Waals surface area contributed by atoms with E-state index in [9.17, 15) is 0 Å². The molecule has 96 valence electrons. The van der Waals surface area contributed by atoms with Gasteiger partial charge in [0.1, 0.15) is 0 Å². The first-order chi connectivity index (χ1) is 7.86. The maximum absolute atomic E-state index is 6.04. The van der Waals surface area contributed by atoms with E-state index in [4.69, 9.17) is 4.74 Å². The Morgan fingerprint density at radius 2 is 1.24 bits per heavy atom. The van der Waals surface area contributed by atoms with Crippen LogP contribution in [-0.4, -0.2) is 0 Å². The van der Waals surface area contributed by atoms with Crippen LogP contribution >= 0.6 is 0 Å². The number of hydrogen-bond acceptors (Lipinski definition) is 1. The van der Waals surface area contributed by atoms with Gasteiger partial charge in [-0.1, -0.05) is 27.7 Å². The fraction of sp³-hybridized carbons (Fsp3) is 0.750. The molecule has 0 N–H and O–H groups in total. The van der Waals surface area contributed by atoms with Gasteiger partial charge in [0.2, 0.25) is 0 Å². The lowest BCUT2D eigenvalue weighted by Crippen LogP contribution is -2.17. The van der Waals surface area contributed by atoms with Crippen molar-refractivity contribution in [1.29, 1.82) is 0 Å². The summed E-state index contributed by atoms with van der Waals surface area (Å²) in [5.74, 6) is 2.41. The number of ether oxygens (including phenoxy) is 1. The van der Waals surface area contributed by atoms with Gasteiger partial charge in [-0.2, -0.15) is 0 Å². The highest BCUT2D eigenvalue weighted by Gasteiger charge is 2.25. The smallest absolute Gasteiger partial charge is 0.0996 e. The fourth-order valence-electron chi connectivity index (χ4n) is 2.47. The largest absolute Gasteiger partial charge is 0.467 e. The Morgan fingerprint density at radius 1 is 0.824 bits per heavy atom. The van der Waals surface area contributed by atoms with Crippen LogP contribution < -0.4 is 0 Å². The van der Waals surface area contributed by atoms with Crippen molar-refractivity contribution in [2.24, 2.45) is 10.8 Å². The van der Waals surface area contributed by atoms with E-state index < -0.39 is 0 Å². The molecule has 0 atom stereocenters. The van der Waals surface area contributed by atoms with Gasteiger partial charge in [-0.25, -0.2) is 0 Å². The Morgan fingerprint density at radius 3 is 1.53 bits per heavy atom. The predicted octanol–water partition coefficient (Wildman–Crippen LogP) is 5.19. The molecule has 0 aromatic rings. The first kappa shape index (κ1) is 12.7. The molecule has 1 nitrogen and oxygen atoms in total. The van der Waals surface area contributed by atoms with Gasteiger partial charge in [0.15, 0.2) is 0 Å². The number of allylic oxidation sites excluding steroid dienone is 4. The maximum Gasteiger partial charge on any atom is 0.0996 e. The third-order valence-electron chi connectivity index (χ3n) is 4.12. The lowest BCUT2D eigenvalue weighted by Gasteiger charge is -2.31. The van der Waals surface area contributed by atoms with Crippen molar-refractivity contribution >= 4 is 0 Å². The predicted molar refractivity (Wildman–Crippen MR) is 72.5 cm³/mol. The van der Waals surface area contributed by atoms with Crippen molar-refractivity contribution in [1.82, 2.24) is 0 Å². The first-order valence-corrected chi connectivity index (χ1v) is 6.92. The van der Waals surface area contributed by atoms with Gasteiger partial charge in [-0.05, 0) is 48.7 Å². The summed E-state index contributed by atoms with van der Waals surface area (Å²) in [7, 11) is 0. The zero-order valence-corrected chi connectivity index (χ0v) is 11.8. The molecular weight excluding hydrogens is 208 g/mol. The summed E-state index contributed by atoms with van der Waals surface area (Å²) in [6.07, 6.45) is 11.6. The van der Waals surface area contributed by atoms with Crippen LogP contribution in [-0.2, 0) is 4.74 Å². The van der Waals surface area contributed by atoms with Crippen LogP contribution in [0.25, 0.3) is 0 Å². The molecule has 2 aliphatic carbocycles. The highest BCUT2D eigenvalue weighted by atomic mass is 16.5. The van der Waals surface area contributed by atoms with Crippen LogP contribution in [0, 0.1) is 10.8 Å². The van der Waals surface area contributed by atoms with E-state index in [0.717, 1.165) is 25.7 Å². The summed E-state index contributed by atoms with van der Waals surface area (Å²) >= 11 is 0. The first-order valence-electron chi connectivity index (χ1n) is 6.92. The van der Waals surface area contributed by atoms with Crippen molar-refractivity contribution in [2.45, 2.75) is 66.2 Å². The molecular formula is C16H26O. The van der Waals surface area contributed by atoms with Gasteiger partial charge in [-0.15, -0.1) is 0 Å². The minimum atomic E-state index is 0.468. The topological polar surface area (TPSA) is 9.23 Å². The Kier molecular flexibility index (Phi) is 3.38. The van der Waals surface area contributed by atoms with E-state index in [1.165, 1.54) is 24.4 Å². The van der Waals surface area contributed by atoms with Gasteiger partial charge < -0.3 is 4.74 Å². The molecule has 0 saturated heterocycles. The molecule has 0 aliphatic heterocycles. The van der Waals surface area contributed by atoms with Crippen LogP contribution in [0.5, 0.6) is 0 Å². The summed E-state index contributed by atoms with van der Waals surface area (Å²) in [4.78, 5) is 0. The second-order valence-corrected chi connectivity index (χ2v) is 7.18. The fourth-order valence-corrected chi connectivity index (χ4v) is 2.47. The summed E-state index contributed by atoms with van der Waals surface area (Å²) in [6, 6.07) is 0. The minimum Gasteiger partial charge on any atom is -0.467 e. The molecule has 0 saturated carbocycles. The van der Waals surface area contributed by atoms with Crippen LogP contribution in [0.15, 0.2) is 23.7 Å². The maximum atomic E-state index is 6.04. The van der Waals surface area contributed by atoms with Crippen molar-refractivity contribution in [2.75, 3.05) is 0 Å². The number of rotatable bonds is 2. The second-order valence-electron chi connectivity index (χ2n) is 7.18. The van der Waals surface area contributed by atoms with E-state index in [1.807, 2.05) is 0 Å². The molecule has 0 radical (unpaired) electrons. The molecule has 2 aliphatic rings. The molecule has 0 spiro atoms. The summed E-state index contributed by atoms with van der Waals surface area (Å²) in [5.41, 5.74) is 0.936. The van der Waals surface area contributed by atoms with Crippen molar-refractivity contribution in [3.8, 4) is 0 Å². The van der Waals surface area contributed by atoms with Gasteiger partial charge in [0, 0.05) is 12.8 Å². The molecule has 0 fully saturated rings. The highest BCUT2D eigenvalue weighted by molar-refractivity contribution is 5.09. The standard InChI is InChI=1S/C16H26O/c1-15(2)9-5-13(6-10-15)17-14-7-11-16(3,4)12-8-14/h5,7H,6,8-12H2,1-4H3. The normalized spacial score (nSPS) is 27.1. The zero-order chi connectivity index (χ0) is 12.5. The SMILES string of the molecule is CC1(C)CC=C(OC2=CCC(C)(C)CC2)CC1. The van der Waals surface area contributed by atoms with Crippen molar-refractivity contribution in [3.05, 3.63) is 23.7 Å². The average molecular weight is 234 g/mol.